The summed E-state index contributed by atoms with van der Waals surface area (Å²) < 4.78 is 5.06. The molecule has 0 amide bonds. The standard InChI is InChI=1S/C14H16O5/c1-19-11-4-2-9(3-5-11)10-6-7-14(8-10,12(15)16)13(17)18/h2-5,10H,6-8H2,1H3,(H,15,16)(H,17,18)/t10-/m0/s1. The summed E-state index contributed by atoms with van der Waals surface area (Å²) in [4.78, 5) is 22.5. The fraction of sp³-hybridized carbons (Fsp3) is 0.429. The first kappa shape index (κ1) is 13.4. The Morgan fingerprint density at radius 1 is 1.21 bits per heavy atom. The van der Waals surface area contributed by atoms with Gasteiger partial charge in [0.05, 0.1) is 7.11 Å². The second-order valence-electron chi connectivity index (χ2n) is 4.91. The highest BCUT2D eigenvalue weighted by molar-refractivity contribution is 5.98. The van der Waals surface area contributed by atoms with E-state index in [2.05, 4.69) is 0 Å². The molecule has 0 heterocycles. The van der Waals surface area contributed by atoms with Gasteiger partial charge in [0.25, 0.3) is 0 Å². The first-order valence-electron chi connectivity index (χ1n) is 6.10. The summed E-state index contributed by atoms with van der Waals surface area (Å²) in [6.45, 7) is 0. The Bertz CT molecular complexity index is 477. The lowest BCUT2D eigenvalue weighted by Gasteiger charge is -2.19. The zero-order chi connectivity index (χ0) is 14.0. The molecule has 19 heavy (non-hydrogen) atoms. The molecule has 102 valence electrons. The van der Waals surface area contributed by atoms with Crippen LogP contribution in [-0.2, 0) is 9.59 Å². The van der Waals surface area contributed by atoms with Crippen LogP contribution in [0, 0.1) is 5.41 Å². The highest BCUT2D eigenvalue weighted by atomic mass is 16.5. The van der Waals surface area contributed by atoms with Gasteiger partial charge in [0, 0.05) is 0 Å². The van der Waals surface area contributed by atoms with Crippen LogP contribution in [0.15, 0.2) is 24.3 Å². The molecule has 5 nitrogen and oxygen atoms in total. The van der Waals surface area contributed by atoms with Gasteiger partial charge in [-0.2, -0.15) is 0 Å². The molecule has 0 spiro atoms. The van der Waals surface area contributed by atoms with Gasteiger partial charge in [-0.3, -0.25) is 9.59 Å². The number of methoxy groups -OCH3 is 1. The molecule has 2 N–H and O–H groups in total. The van der Waals surface area contributed by atoms with Crippen LogP contribution in [0.25, 0.3) is 0 Å². The molecule has 1 aromatic carbocycles. The number of benzene rings is 1. The van der Waals surface area contributed by atoms with E-state index < -0.39 is 17.4 Å². The Hall–Kier alpha value is -2.04. The molecule has 2 rings (SSSR count). The van der Waals surface area contributed by atoms with E-state index in [1.54, 1.807) is 19.2 Å². The molecular weight excluding hydrogens is 248 g/mol. The van der Waals surface area contributed by atoms with Crippen molar-refractivity contribution in [1.82, 2.24) is 0 Å². The smallest absolute Gasteiger partial charge is 0.321 e. The summed E-state index contributed by atoms with van der Waals surface area (Å²) in [6.07, 6.45) is 0.892. The normalized spacial score (nSPS) is 21.0. The number of hydrogen-bond donors (Lipinski definition) is 2. The summed E-state index contributed by atoms with van der Waals surface area (Å²) in [7, 11) is 1.57. The number of carbonyl (C=O) groups is 2. The van der Waals surface area contributed by atoms with Gasteiger partial charge in [0.2, 0.25) is 0 Å². The SMILES string of the molecule is COc1ccc([C@H]2CCC(C(=O)O)(C(=O)O)C2)cc1. The number of carboxylic acid groups (broad SMARTS) is 2. The number of hydrogen-bond acceptors (Lipinski definition) is 3. The van der Waals surface area contributed by atoms with Crippen LogP contribution in [-0.4, -0.2) is 29.3 Å². The van der Waals surface area contributed by atoms with E-state index in [1.165, 1.54) is 0 Å². The van der Waals surface area contributed by atoms with Gasteiger partial charge in [-0.05, 0) is 42.9 Å². The molecule has 0 aromatic heterocycles. The Labute approximate surface area is 110 Å². The maximum Gasteiger partial charge on any atom is 0.321 e. The van der Waals surface area contributed by atoms with Gasteiger partial charge in [-0.1, -0.05) is 12.1 Å². The highest BCUT2D eigenvalue weighted by Crippen LogP contribution is 2.47. The van der Waals surface area contributed by atoms with Gasteiger partial charge in [0.1, 0.15) is 5.75 Å². The van der Waals surface area contributed by atoms with Crippen molar-refractivity contribution in [2.24, 2.45) is 5.41 Å². The quantitative estimate of drug-likeness (QED) is 0.814. The molecule has 5 heteroatoms. The Morgan fingerprint density at radius 2 is 1.79 bits per heavy atom. The van der Waals surface area contributed by atoms with Crippen molar-refractivity contribution < 1.29 is 24.5 Å². The minimum atomic E-state index is -1.63. The lowest BCUT2D eigenvalue weighted by molar-refractivity contribution is -0.164. The van der Waals surface area contributed by atoms with Gasteiger partial charge >= 0.3 is 11.9 Å². The average molecular weight is 264 g/mol. The lowest BCUT2D eigenvalue weighted by Crippen LogP contribution is -2.36. The molecule has 1 aliphatic rings. The van der Waals surface area contributed by atoms with Gasteiger partial charge in [-0.25, -0.2) is 0 Å². The Morgan fingerprint density at radius 3 is 2.21 bits per heavy atom. The van der Waals surface area contributed by atoms with E-state index in [-0.39, 0.29) is 18.8 Å². The van der Waals surface area contributed by atoms with Crippen molar-refractivity contribution in [3.05, 3.63) is 29.8 Å². The molecule has 1 aliphatic carbocycles. The number of aliphatic carboxylic acids is 2. The molecule has 1 saturated carbocycles. The van der Waals surface area contributed by atoms with Crippen molar-refractivity contribution in [2.45, 2.75) is 25.2 Å². The second kappa shape index (κ2) is 4.91. The molecule has 1 aromatic rings. The molecule has 0 saturated heterocycles. The van der Waals surface area contributed by atoms with Crippen molar-refractivity contribution in [3.63, 3.8) is 0 Å². The molecule has 0 radical (unpaired) electrons. The minimum Gasteiger partial charge on any atom is -0.497 e. The maximum atomic E-state index is 11.2. The average Bonchev–Trinajstić information content (AvgIpc) is 2.85. The number of rotatable bonds is 4. The van der Waals surface area contributed by atoms with E-state index in [9.17, 15) is 19.8 Å². The van der Waals surface area contributed by atoms with Crippen LogP contribution in [0.3, 0.4) is 0 Å². The summed E-state index contributed by atoms with van der Waals surface area (Å²) in [5.41, 5.74) is -0.671. The first-order chi connectivity index (χ1) is 8.99. The van der Waals surface area contributed by atoms with Gasteiger partial charge in [-0.15, -0.1) is 0 Å². The van der Waals surface area contributed by atoms with E-state index >= 15 is 0 Å². The van der Waals surface area contributed by atoms with E-state index in [0.717, 1.165) is 11.3 Å². The van der Waals surface area contributed by atoms with Crippen molar-refractivity contribution in [1.29, 1.82) is 0 Å². The molecular formula is C14H16O5. The summed E-state index contributed by atoms with van der Waals surface area (Å²) in [5.74, 6) is -1.78. The summed E-state index contributed by atoms with van der Waals surface area (Å²) in [6, 6.07) is 7.33. The fourth-order valence-electron chi connectivity index (χ4n) is 2.69. The van der Waals surface area contributed by atoms with Crippen molar-refractivity contribution in [2.75, 3.05) is 7.11 Å². The Balaban J connectivity index is 2.21. The van der Waals surface area contributed by atoms with Gasteiger partial charge < -0.3 is 14.9 Å². The van der Waals surface area contributed by atoms with Crippen molar-refractivity contribution in [3.8, 4) is 5.75 Å². The molecule has 0 aliphatic heterocycles. The topological polar surface area (TPSA) is 83.8 Å². The summed E-state index contributed by atoms with van der Waals surface area (Å²) in [5, 5.41) is 18.4. The van der Waals surface area contributed by atoms with E-state index in [0.29, 0.717) is 6.42 Å². The molecule has 0 unspecified atom stereocenters. The second-order valence-corrected chi connectivity index (χ2v) is 4.91. The minimum absolute atomic E-state index is 0.0295. The molecule has 1 fully saturated rings. The third kappa shape index (κ3) is 2.28. The monoisotopic (exact) mass is 264 g/mol. The predicted molar refractivity (Wildman–Crippen MR) is 67.3 cm³/mol. The number of ether oxygens (including phenoxy) is 1. The highest BCUT2D eigenvalue weighted by Gasteiger charge is 2.52. The maximum absolute atomic E-state index is 11.2. The van der Waals surface area contributed by atoms with E-state index in [4.69, 9.17) is 4.74 Å². The molecule has 0 bridgehead atoms. The van der Waals surface area contributed by atoms with Crippen LogP contribution in [0.4, 0.5) is 0 Å². The van der Waals surface area contributed by atoms with Crippen molar-refractivity contribution >= 4 is 11.9 Å². The van der Waals surface area contributed by atoms with Crippen LogP contribution < -0.4 is 4.74 Å². The summed E-state index contributed by atoms with van der Waals surface area (Å²) >= 11 is 0. The Kier molecular flexibility index (Phi) is 3.46. The van der Waals surface area contributed by atoms with Crippen LogP contribution in [0.1, 0.15) is 30.7 Å². The zero-order valence-corrected chi connectivity index (χ0v) is 10.6. The van der Waals surface area contributed by atoms with Gasteiger partial charge in [0.15, 0.2) is 5.41 Å². The third-order valence-corrected chi connectivity index (χ3v) is 3.92. The van der Waals surface area contributed by atoms with Crippen LogP contribution >= 0.6 is 0 Å². The largest absolute Gasteiger partial charge is 0.497 e. The van der Waals surface area contributed by atoms with Crippen LogP contribution in [0.5, 0.6) is 5.75 Å². The third-order valence-electron chi connectivity index (χ3n) is 3.92. The predicted octanol–water partition coefficient (Wildman–Crippen LogP) is 2.12. The van der Waals surface area contributed by atoms with Crippen LogP contribution in [0.2, 0.25) is 0 Å². The van der Waals surface area contributed by atoms with E-state index in [1.807, 2.05) is 12.1 Å². The zero-order valence-electron chi connectivity index (χ0n) is 10.6. The number of carboxylic acids is 2. The molecule has 1 atom stereocenters. The fourth-order valence-corrected chi connectivity index (χ4v) is 2.69. The lowest BCUT2D eigenvalue weighted by atomic mass is 9.84. The first-order valence-corrected chi connectivity index (χ1v) is 6.10.